The highest BCUT2D eigenvalue weighted by Gasteiger charge is 2.63. The van der Waals surface area contributed by atoms with E-state index in [1.807, 2.05) is 0 Å². The maximum atomic E-state index is 14.6. The number of hydrogen-bond donors (Lipinski definition) is 0. The number of aromatic nitrogens is 3. The van der Waals surface area contributed by atoms with Crippen LogP contribution in [0.3, 0.4) is 0 Å². The number of benzene rings is 1. The fraction of sp³-hybridized carbons (Fsp3) is 0.481. The van der Waals surface area contributed by atoms with Crippen LogP contribution in [0.4, 0.5) is 13.2 Å². The van der Waals surface area contributed by atoms with Gasteiger partial charge in [0.2, 0.25) is 0 Å². The first-order valence-corrected chi connectivity index (χ1v) is 14.5. The molecule has 0 radical (unpaired) electrons. The van der Waals surface area contributed by atoms with E-state index in [0.29, 0.717) is 46.6 Å². The Morgan fingerprint density at radius 1 is 1.24 bits per heavy atom. The molecule has 1 aromatic carbocycles. The van der Waals surface area contributed by atoms with Gasteiger partial charge in [-0.15, -0.1) is 0 Å². The molecule has 2 saturated carbocycles. The van der Waals surface area contributed by atoms with Gasteiger partial charge in [0.15, 0.2) is 0 Å². The second-order valence-electron chi connectivity index (χ2n) is 11.0. The van der Waals surface area contributed by atoms with Gasteiger partial charge in [0.05, 0.1) is 28.8 Å². The first-order valence-electron chi connectivity index (χ1n) is 12.6. The van der Waals surface area contributed by atoms with Crippen LogP contribution in [0.2, 0.25) is 0 Å². The SMILES string of the molecule is Cn1c(=O)c(C2(C#N)CC3(C2)CS(=O)(=NC2CC2)C3)cc2c(CCc3cccc(C(F)F)c3F)ncnc21. The molecule has 3 aromatic rings. The minimum atomic E-state index is -2.91. The van der Waals surface area contributed by atoms with E-state index in [1.54, 1.807) is 13.1 Å². The van der Waals surface area contributed by atoms with E-state index in [9.17, 15) is 27.4 Å². The Morgan fingerprint density at radius 3 is 2.63 bits per heavy atom. The molecular formula is C27H26F3N5O2S. The minimum absolute atomic E-state index is 0.127. The summed E-state index contributed by atoms with van der Waals surface area (Å²) < 4.78 is 59.7. The van der Waals surface area contributed by atoms with Crippen LogP contribution in [-0.4, -0.2) is 36.3 Å². The standard InChI is InChI=1S/C27H26F3N5O2S/c1-35-24-19(21(32-15-33-24)8-5-16-3-2-4-18(22(16)28)23(29)30)9-20(25(35)36)27(12-31)10-26(11-27)13-38(37,14-26)34-17-6-7-17/h2-4,9,15,17,23H,5-8,10-11,13-14H2,1H3. The van der Waals surface area contributed by atoms with E-state index in [-0.39, 0.29) is 35.4 Å². The second kappa shape index (κ2) is 8.63. The molecule has 38 heavy (non-hydrogen) atoms. The first-order chi connectivity index (χ1) is 18.1. The maximum absolute atomic E-state index is 14.6. The van der Waals surface area contributed by atoms with Gasteiger partial charge in [-0.1, -0.05) is 18.2 Å². The van der Waals surface area contributed by atoms with Gasteiger partial charge in [0.1, 0.15) is 17.8 Å². The van der Waals surface area contributed by atoms with E-state index in [4.69, 9.17) is 0 Å². The predicted molar refractivity (Wildman–Crippen MR) is 136 cm³/mol. The van der Waals surface area contributed by atoms with Crippen molar-refractivity contribution in [3.63, 3.8) is 0 Å². The average molecular weight is 542 g/mol. The van der Waals surface area contributed by atoms with Crippen LogP contribution in [0.15, 0.2) is 39.8 Å². The number of alkyl halides is 2. The number of nitriles is 1. The molecule has 1 aliphatic heterocycles. The molecule has 0 atom stereocenters. The molecule has 3 aliphatic rings. The van der Waals surface area contributed by atoms with Crippen LogP contribution >= 0.6 is 0 Å². The molecule has 1 saturated heterocycles. The Morgan fingerprint density at radius 2 is 1.97 bits per heavy atom. The fourth-order valence-corrected chi connectivity index (χ4v) is 9.42. The van der Waals surface area contributed by atoms with Crippen LogP contribution in [-0.2, 0) is 35.0 Å². The Hall–Kier alpha value is -3.26. The Kier molecular flexibility index (Phi) is 5.69. The fourth-order valence-electron chi connectivity index (χ4n) is 6.28. The zero-order valence-electron chi connectivity index (χ0n) is 20.8. The zero-order valence-corrected chi connectivity index (χ0v) is 21.6. The van der Waals surface area contributed by atoms with Crippen LogP contribution in [0.25, 0.3) is 11.0 Å². The van der Waals surface area contributed by atoms with Crippen molar-refractivity contribution >= 4 is 20.8 Å². The molecule has 0 unspecified atom stereocenters. The van der Waals surface area contributed by atoms with Crippen molar-refractivity contribution < 1.29 is 17.4 Å². The van der Waals surface area contributed by atoms with E-state index in [0.717, 1.165) is 18.9 Å². The van der Waals surface area contributed by atoms with Crippen molar-refractivity contribution in [1.82, 2.24) is 14.5 Å². The van der Waals surface area contributed by atoms with E-state index < -0.39 is 33.0 Å². The van der Waals surface area contributed by atoms with E-state index >= 15 is 0 Å². The summed E-state index contributed by atoms with van der Waals surface area (Å²) in [5, 5.41) is 10.8. The number of halogens is 3. The summed E-state index contributed by atoms with van der Waals surface area (Å²) in [6.45, 7) is 0. The average Bonchev–Trinajstić information content (AvgIpc) is 3.66. The van der Waals surface area contributed by atoms with Gasteiger partial charge < -0.3 is 0 Å². The van der Waals surface area contributed by atoms with Gasteiger partial charge in [-0.25, -0.2) is 31.7 Å². The van der Waals surface area contributed by atoms with Gasteiger partial charge in [0.25, 0.3) is 12.0 Å². The molecule has 0 bridgehead atoms. The predicted octanol–water partition coefficient (Wildman–Crippen LogP) is 4.38. The van der Waals surface area contributed by atoms with Crippen LogP contribution < -0.4 is 5.56 Å². The summed E-state index contributed by atoms with van der Waals surface area (Å²) >= 11 is 0. The highest BCUT2D eigenvalue weighted by Crippen LogP contribution is 2.61. The molecular weight excluding hydrogens is 515 g/mol. The van der Waals surface area contributed by atoms with Crippen LogP contribution in [0.1, 0.15) is 54.5 Å². The third-order valence-electron chi connectivity index (χ3n) is 8.10. The minimum Gasteiger partial charge on any atom is -0.295 e. The molecule has 0 amide bonds. The lowest BCUT2D eigenvalue weighted by Crippen LogP contribution is -2.63. The van der Waals surface area contributed by atoms with Crippen molar-refractivity contribution in [1.29, 1.82) is 5.26 Å². The van der Waals surface area contributed by atoms with E-state index in [2.05, 4.69) is 20.4 Å². The third-order valence-corrected chi connectivity index (χ3v) is 10.9. The topological polar surface area (TPSA) is 101 Å². The monoisotopic (exact) mass is 541 g/mol. The van der Waals surface area contributed by atoms with Gasteiger partial charge in [-0.2, -0.15) is 5.26 Å². The van der Waals surface area contributed by atoms with Gasteiger partial charge >= 0.3 is 0 Å². The Labute approximate surface area is 217 Å². The number of hydrogen-bond acceptors (Lipinski definition) is 6. The molecule has 198 valence electrons. The Bertz CT molecular complexity index is 1680. The summed E-state index contributed by atoms with van der Waals surface area (Å²) in [5.41, 5.74) is -0.785. The summed E-state index contributed by atoms with van der Waals surface area (Å²) in [6, 6.07) is 8.20. The quantitative estimate of drug-likeness (QED) is 0.461. The largest absolute Gasteiger partial charge is 0.295 e. The molecule has 1 spiro atoms. The molecule has 2 aliphatic carbocycles. The highest BCUT2D eigenvalue weighted by molar-refractivity contribution is 7.95. The molecule has 6 rings (SSSR count). The number of rotatable bonds is 6. The van der Waals surface area contributed by atoms with Crippen molar-refractivity contribution in [3.8, 4) is 6.07 Å². The number of aryl methyl sites for hydroxylation is 3. The molecule has 3 fully saturated rings. The van der Waals surface area contributed by atoms with Crippen LogP contribution in [0.5, 0.6) is 0 Å². The number of fused-ring (bicyclic) bond motifs is 1. The van der Waals surface area contributed by atoms with Crippen LogP contribution in [0, 0.1) is 22.6 Å². The first kappa shape index (κ1) is 25.0. The van der Waals surface area contributed by atoms with Crippen molar-refractivity contribution in [3.05, 3.63) is 69.1 Å². The second-order valence-corrected chi connectivity index (χ2v) is 13.4. The number of nitrogens with zero attached hydrogens (tertiary/aromatic N) is 5. The molecule has 11 heteroatoms. The van der Waals surface area contributed by atoms with Gasteiger partial charge in [0, 0.05) is 39.2 Å². The molecule has 3 heterocycles. The normalized spacial score (nSPS) is 28.2. The highest BCUT2D eigenvalue weighted by atomic mass is 32.2. The third kappa shape index (κ3) is 4.01. The van der Waals surface area contributed by atoms with E-state index in [1.165, 1.54) is 23.0 Å². The van der Waals surface area contributed by atoms with Crippen molar-refractivity contribution in [2.24, 2.45) is 16.8 Å². The van der Waals surface area contributed by atoms with Crippen molar-refractivity contribution in [2.75, 3.05) is 11.5 Å². The summed E-state index contributed by atoms with van der Waals surface area (Å²) in [7, 11) is -0.621. The lowest BCUT2D eigenvalue weighted by Gasteiger charge is -2.58. The molecule has 7 nitrogen and oxygen atoms in total. The lowest BCUT2D eigenvalue weighted by molar-refractivity contribution is 0.0913. The molecule has 2 aromatic heterocycles. The summed E-state index contributed by atoms with van der Waals surface area (Å²) in [4.78, 5) is 22.0. The maximum Gasteiger partial charge on any atom is 0.266 e. The summed E-state index contributed by atoms with van der Waals surface area (Å²) in [6.07, 6.45) is 1.64. The van der Waals surface area contributed by atoms with Crippen molar-refractivity contribution in [2.45, 2.75) is 56.4 Å². The van der Waals surface area contributed by atoms with Gasteiger partial charge in [-0.05, 0) is 55.6 Å². The molecule has 0 N–H and O–H groups in total. The smallest absolute Gasteiger partial charge is 0.266 e. The lowest BCUT2D eigenvalue weighted by atomic mass is 9.52. The van der Waals surface area contributed by atoms with Gasteiger partial charge in [-0.3, -0.25) is 9.36 Å². The number of pyridine rings is 1. The zero-order chi connectivity index (χ0) is 26.9. The summed E-state index contributed by atoms with van der Waals surface area (Å²) in [5.74, 6) is 0.0271. The Balaban J connectivity index is 1.32.